The van der Waals surface area contributed by atoms with E-state index in [-0.39, 0.29) is 0 Å². The third-order valence-electron chi connectivity index (χ3n) is 2.07. The van der Waals surface area contributed by atoms with E-state index in [0.717, 1.165) is 19.0 Å². The minimum Gasteiger partial charge on any atom is -0.352 e. The Bertz CT molecular complexity index is 267. The molecule has 0 spiro atoms. The molecule has 0 aliphatic carbocycles. The Morgan fingerprint density at radius 3 is 2.86 bits per heavy atom. The molecule has 0 aliphatic heterocycles. The first-order valence-corrected chi connectivity index (χ1v) is 5.06. The molecule has 1 aromatic rings. The van der Waals surface area contributed by atoms with Gasteiger partial charge in [0.2, 0.25) is 5.95 Å². The van der Waals surface area contributed by atoms with Gasteiger partial charge in [-0.3, -0.25) is 0 Å². The van der Waals surface area contributed by atoms with Gasteiger partial charge in [-0.25, -0.2) is 4.98 Å². The lowest BCUT2D eigenvalue weighted by molar-refractivity contribution is 0.391. The summed E-state index contributed by atoms with van der Waals surface area (Å²) in [5.41, 5.74) is 0. The number of hydrogen-bond donors (Lipinski definition) is 1. The topological polar surface area (TPSA) is 33.1 Å². The molecule has 0 aromatic carbocycles. The minimum absolute atomic E-state index is 0.415. The maximum absolute atomic E-state index is 4.27. The van der Waals surface area contributed by atoms with Crippen molar-refractivity contribution in [3.63, 3.8) is 0 Å². The molecule has 1 N–H and O–H groups in total. The molecule has 0 radical (unpaired) electrons. The van der Waals surface area contributed by atoms with Gasteiger partial charge in [0.15, 0.2) is 0 Å². The van der Waals surface area contributed by atoms with E-state index < -0.39 is 0 Å². The van der Waals surface area contributed by atoms with Gasteiger partial charge in [0.25, 0.3) is 0 Å². The molecule has 4 heteroatoms. The maximum Gasteiger partial charge on any atom is 0.203 e. The molecular formula is C10H20N4. The molecule has 0 bridgehead atoms. The quantitative estimate of drug-likeness (QED) is 0.769. The molecule has 0 fully saturated rings. The lowest BCUT2D eigenvalue weighted by Crippen LogP contribution is -2.30. The van der Waals surface area contributed by atoms with Crippen molar-refractivity contribution in [1.29, 1.82) is 0 Å². The fourth-order valence-electron chi connectivity index (χ4n) is 1.52. The molecule has 1 atom stereocenters. The summed E-state index contributed by atoms with van der Waals surface area (Å²) in [5.74, 6) is 0.960. The highest BCUT2D eigenvalue weighted by molar-refractivity contribution is 5.27. The van der Waals surface area contributed by atoms with Crippen molar-refractivity contribution in [1.82, 2.24) is 14.5 Å². The molecule has 1 rings (SSSR count). The van der Waals surface area contributed by atoms with Gasteiger partial charge >= 0.3 is 0 Å². The molecule has 4 nitrogen and oxygen atoms in total. The fourth-order valence-corrected chi connectivity index (χ4v) is 1.52. The lowest BCUT2D eigenvalue weighted by atomic mass is 10.3. The molecule has 1 aromatic heterocycles. The van der Waals surface area contributed by atoms with Gasteiger partial charge in [-0.2, -0.15) is 0 Å². The molecule has 0 aliphatic rings. The van der Waals surface area contributed by atoms with Crippen LogP contribution in [0.5, 0.6) is 0 Å². The van der Waals surface area contributed by atoms with Gasteiger partial charge in [-0.05, 0) is 27.9 Å². The minimum atomic E-state index is 0.415. The van der Waals surface area contributed by atoms with Crippen molar-refractivity contribution < 1.29 is 0 Å². The van der Waals surface area contributed by atoms with Crippen LogP contribution in [0.2, 0.25) is 0 Å². The first-order chi connectivity index (χ1) is 6.63. The number of nitrogens with zero attached hydrogens (tertiary/aromatic N) is 3. The Morgan fingerprint density at radius 2 is 2.29 bits per heavy atom. The number of nitrogens with one attached hydrogen (secondary N) is 1. The predicted molar refractivity (Wildman–Crippen MR) is 59.5 cm³/mol. The summed E-state index contributed by atoms with van der Waals surface area (Å²) >= 11 is 0. The number of anilines is 1. The summed E-state index contributed by atoms with van der Waals surface area (Å²) in [5, 5.41) is 3.38. The Balaban J connectivity index is 2.51. The molecule has 0 saturated heterocycles. The normalized spacial score (nSPS) is 13.2. The monoisotopic (exact) mass is 196 g/mol. The number of aryl methyl sites for hydroxylation is 1. The van der Waals surface area contributed by atoms with Gasteiger partial charge in [0.1, 0.15) is 0 Å². The second-order valence-corrected chi connectivity index (χ2v) is 3.84. The van der Waals surface area contributed by atoms with Crippen molar-refractivity contribution in [2.75, 3.05) is 26.0 Å². The summed E-state index contributed by atoms with van der Waals surface area (Å²) in [6.45, 7) is 6.24. The van der Waals surface area contributed by atoms with Crippen molar-refractivity contribution in [2.45, 2.75) is 26.4 Å². The van der Waals surface area contributed by atoms with Gasteiger partial charge < -0.3 is 14.8 Å². The molecule has 1 heterocycles. The lowest BCUT2D eigenvalue weighted by Gasteiger charge is -2.19. The highest BCUT2D eigenvalue weighted by atomic mass is 15.2. The van der Waals surface area contributed by atoms with Crippen molar-refractivity contribution in [3.8, 4) is 0 Å². The summed E-state index contributed by atoms with van der Waals surface area (Å²) in [6, 6.07) is 0.415. The smallest absolute Gasteiger partial charge is 0.203 e. The van der Waals surface area contributed by atoms with Crippen LogP contribution in [0.25, 0.3) is 0 Å². The Labute approximate surface area is 85.9 Å². The number of likely N-dealkylation sites (N-methyl/N-ethyl adjacent to an activating group) is 1. The van der Waals surface area contributed by atoms with E-state index >= 15 is 0 Å². The van der Waals surface area contributed by atoms with Crippen LogP contribution in [-0.4, -0.2) is 41.1 Å². The number of aromatic nitrogens is 2. The van der Waals surface area contributed by atoms with Crippen molar-refractivity contribution in [3.05, 3.63) is 12.4 Å². The van der Waals surface area contributed by atoms with Crippen LogP contribution in [0.15, 0.2) is 12.4 Å². The second kappa shape index (κ2) is 5.00. The van der Waals surface area contributed by atoms with E-state index in [2.05, 4.69) is 47.7 Å². The number of hydrogen-bond acceptors (Lipinski definition) is 3. The molecule has 0 saturated carbocycles. The summed E-state index contributed by atoms with van der Waals surface area (Å²) in [6.07, 6.45) is 3.82. The summed E-state index contributed by atoms with van der Waals surface area (Å²) in [7, 11) is 4.15. The van der Waals surface area contributed by atoms with Gasteiger partial charge in [0.05, 0.1) is 0 Å². The number of imidazole rings is 1. The number of rotatable bonds is 5. The molecule has 0 amide bonds. The first kappa shape index (κ1) is 11.0. The zero-order valence-corrected chi connectivity index (χ0v) is 9.49. The van der Waals surface area contributed by atoms with E-state index in [1.807, 2.05) is 12.4 Å². The van der Waals surface area contributed by atoms with E-state index in [1.165, 1.54) is 0 Å². The average Bonchev–Trinajstić information content (AvgIpc) is 2.50. The first-order valence-electron chi connectivity index (χ1n) is 5.06. The van der Waals surface area contributed by atoms with Crippen molar-refractivity contribution >= 4 is 5.95 Å². The Hall–Kier alpha value is -1.03. The van der Waals surface area contributed by atoms with Gasteiger partial charge in [-0.15, -0.1) is 0 Å². The van der Waals surface area contributed by atoms with Crippen LogP contribution < -0.4 is 5.32 Å². The maximum atomic E-state index is 4.27. The molecule has 14 heavy (non-hydrogen) atoms. The van der Waals surface area contributed by atoms with E-state index in [0.29, 0.717) is 6.04 Å². The van der Waals surface area contributed by atoms with Gasteiger partial charge in [0, 0.05) is 31.5 Å². The van der Waals surface area contributed by atoms with E-state index in [9.17, 15) is 0 Å². The summed E-state index contributed by atoms with van der Waals surface area (Å²) in [4.78, 5) is 6.43. The third-order valence-corrected chi connectivity index (χ3v) is 2.07. The largest absolute Gasteiger partial charge is 0.352 e. The second-order valence-electron chi connectivity index (χ2n) is 3.84. The van der Waals surface area contributed by atoms with Crippen molar-refractivity contribution in [2.24, 2.45) is 0 Å². The third kappa shape index (κ3) is 3.03. The molecule has 80 valence electrons. The predicted octanol–water partition coefficient (Wildman–Crippen LogP) is 1.26. The fraction of sp³-hybridized carbons (Fsp3) is 0.700. The average molecular weight is 196 g/mol. The zero-order chi connectivity index (χ0) is 10.6. The molecular weight excluding hydrogens is 176 g/mol. The van der Waals surface area contributed by atoms with Crippen LogP contribution >= 0.6 is 0 Å². The zero-order valence-electron chi connectivity index (χ0n) is 9.49. The van der Waals surface area contributed by atoms with Crippen LogP contribution in [0.4, 0.5) is 5.95 Å². The van der Waals surface area contributed by atoms with Crippen LogP contribution in [0, 0.1) is 0 Å². The Morgan fingerprint density at radius 1 is 1.57 bits per heavy atom. The summed E-state index contributed by atoms with van der Waals surface area (Å²) < 4.78 is 2.10. The van der Waals surface area contributed by atoms with E-state index in [4.69, 9.17) is 0 Å². The highest BCUT2D eigenvalue weighted by Crippen LogP contribution is 2.05. The highest BCUT2D eigenvalue weighted by Gasteiger charge is 2.06. The Kier molecular flexibility index (Phi) is 3.95. The SMILES string of the molecule is CCn1ccnc1NC(C)CN(C)C. The van der Waals surface area contributed by atoms with Crippen LogP contribution in [0.1, 0.15) is 13.8 Å². The van der Waals surface area contributed by atoms with Crippen LogP contribution in [-0.2, 0) is 6.54 Å². The van der Waals surface area contributed by atoms with E-state index in [1.54, 1.807) is 0 Å². The van der Waals surface area contributed by atoms with Gasteiger partial charge in [-0.1, -0.05) is 0 Å². The van der Waals surface area contributed by atoms with Crippen LogP contribution in [0.3, 0.4) is 0 Å². The standard InChI is InChI=1S/C10H20N4/c1-5-14-7-6-11-10(14)12-9(2)8-13(3)4/h6-7,9H,5,8H2,1-4H3,(H,11,12). The molecule has 1 unspecified atom stereocenters.